The van der Waals surface area contributed by atoms with Crippen molar-refractivity contribution in [2.45, 2.75) is 6.18 Å². The molecule has 0 aliphatic heterocycles. The fourth-order valence-corrected chi connectivity index (χ4v) is 1.00. The molecule has 0 radical (unpaired) electrons. The summed E-state index contributed by atoms with van der Waals surface area (Å²) in [5, 5.41) is -1.11. The van der Waals surface area contributed by atoms with Crippen molar-refractivity contribution in [1.82, 2.24) is 0 Å². The first-order valence-corrected chi connectivity index (χ1v) is 4.22. The van der Waals surface area contributed by atoms with Crippen LogP contribution in [-0.2, 0) is 0 Å². The fourth-order valence-electron chi connectivity index (χ4n) is 0.722. The van der Waals surface area contributed by atoms with E-state index in [4.69, 9.17) is 23.2 Å². The zero-order valence-corrected chi connectivity index (χ0v) is 8.16. The summed E-state index contributed by atoms with van der Waals surface area (Å²) < 4.78 is 35.8. The van der Waals surface area contributed by atoms with Crippen LogP contribution in [-0.4, -0.2) is 11.3 Å². The zero-order chi connectivity index (χ0) is 10.8. The monoisotopic (exact) mass is 241 g/mol. The number of hydrogen-bond acceptors (Lipinski definition) is 1. The lowest BCUT2D eigenvalue weighted by Crippen LogP contribution is -2.16. The Hall–Kier alpha value is -0.740. The summed E-state index contributed by atoms with van der Waals surface area (Å²) in [6.45, 7) is 0. The van der Waals surface area contributed by atoms with Gasteiger partial charge in [0.15, 0.2) is 0 Å². The van der Waals surface area contributed by atoms with Crippen molar-refractivity contribution in [1.29, 1.82) is 0 Å². The maximum Gasteiger partial charge on any atom is 0.444 e. The topological polar surface area (TPSA) is 12.4 Å². The van der Waals surface area contributed by atoms with Crippen molar-refractivity contribution < 1.29 is 13.2 Å². The van der Waals surface area contributed by atoms with Gasteiger partial charge in [-0.3, -0.25) is 0 Å². The van der Waals surface area contributed by atoms with Crippen LogP contribution >= 0.6 is 23.2 Å². The summed E-state index contributed by atoms with van der Waals surface area (Å²) in [5.74, 6) is 0. The molecule has 0 fully saturated rings. The van der Waals surface area contributed by atoms with E-state index in [0.29, 0.717) is 5.02 Å². The average molecular weight is 242 g/mol. The molecule has 0 N–H and O–H groups in total. The van der Waals surface area contributed by atoms with Crippen LogP contribution in [0.15, 0.2) is 29.3 Å². The number of aliphatic imine (C=N–C) groups is 1. The smallest absolute Gasteiger partial charge is 0.232 e. The minimum absolute atomic E-state index is 0.0693. The Kier molecular flexibility index (Phi) is 3.39. The van der Waals surface area contributed by atoms with Crippen molar-refractivity contribution in [2.75, 3.05) is 0 Å². The first-order chi connectivity index (χ1) is 6.39. The van der Waals surface area contributed by atoms with E-state index in [-0.39, 0.29) is 5.69 Å². The Morgan fingerprint density at radius 1 is 1.29 bits per heavy atom. The van der Waals surface area contributed by atoms with E-state index in [1.54, 1.807) is 0 Å². The van der Waals surface area contributed by atoms with Gasteiger partial charge in [-0.15, -0.1) is 0 Å². The van der Waals surface area contributed by atoms with Crippen molar-refractivity contribution >= 4 is 34.1 Å². The third-order valence-corrected chi connectivity index (χ3v) is 1.80. The Morgan fingerprint density at radius 3 is 2.43 bits per heavy atom. The molecule has 0 aromatic heterocycles. The summed E-state index contributed by atoms with van der Waals surface area (Å²) in [5.41, 5.74) is 0.0693. The molecule has 1 nitrogen and oxygen atoms in total. The molecule has 0 amide bonds. The molecule has 1 aromatic rings. The maximum absolute atomic E-state index is 11.9. The Morgan fingerprint density at radius 2 is 1.93 bits per heavy atom. The fraction of sp³-hybridized carbons (Fsp3) is 0.125. The molecule has 0 unspecified atom stereocenters. The second-order valence-electron chi connectivity index (χ2n) is 2.38. The molecule has 1 rings (SSSR count). The van der Waals surface area contributed by atoms with E-state index in [2.05, 4.69) is 4.99 Å². The highest BCUT2D eigenvalue weighted by molar-refractivity contribution is 6.67. The van der Waals surface area contributed by atoms with Gasteiger partial charge in [-0.05, 0) is 18.2 Å². The SMILES string of the molecule is FC(F)(F)/C(Cl)=N\c1cccc(Cl)c1. The minimum atomic E-state index is -4.62. The minimum Gasteiger partial charge on any atom is -0.232 e. The van der Waals surface area contributed by atoms with Gasteiger partial charge in [0.25, 0.3) is 0 Å². The first kappa shape index (κ1) is 11.3. The van der Waals surface area contributed by atoms with E-state index in [0.717, 1.165) is 0 Å². The molecular weight excluding hydrogens is 238 g/mol. The Labute approximate surface area is 88.2 Å². The molecule has 0 aliphatic rings. The van der Waals surface area contributed by atoms with E-state index in [1.807, 2.05) is 0 Å². The molecule has 0 heterocycles. The van der Waals surface area contributed by atoms with Gasteiger partial charge in [-0.2, -0.15) is 13.2 Å². The molecule has 14 heavy (non-hydrogen) atoms. The molecule has 0 bridgehead atoms. The number of benzene rings is 1. The zero-order valence-electron chi connectivity index (χ0n) is 6.65. The quantitative estimate of drug-likeness (QED) is 0.655. The van der Waals surface area contributed by atoms with Crippen LogP contribution in [0.2, 0.25) is 5.02 Å². The number of nitrogens with zero attached hydrogens (tertiary/aromatic N) is 1. The third kappa shape index (κ3) is 3.20. The van der Waals surface area contributed by atoms with Crippen LogP contribution in [0, 0.1) is 0 Å². The van der Waals surface area contributed by atoms with Gasteiger partial charge in [0.1, 0.15) is 0 Å². The van der Waals surface area contributed by atoms with Gasteiger partial charge in [0.05, 0.1) is 5.69 Å². The largest absolute Gasteiger partial charge is 0.444 e. The first-order valence-electron chi connectivity index (χ1n) is 3.46. The van der Waals surface area contributed by atoms with Gasteiger partial charge < -0.3 is 0 Å². The second-order valence-corrected chi connectivity index (χ2v) is 3.17. The lowest BCUT2D eigenvalue weighted by molar-refractivity contribution is -0.0558. The molecule has 0 atom stereocenters. The van der Waals surface area contributed by atoms with Crippen LogP contribution in [0.5, 0.6) is 0 Å². The van der Waals surface area contributed by atoms with Crippen LogP contribution in [0.4, 0.5) is 18.9 Å². The average Bonchev–Trinajstić information content (AvgIpc) is 2.02. The van der Waals surface area contributed by atoms with Crippen molar-refractivity contribution in [3.05, 3.63) is 29.3 Å². The predicted octanol–water partition coefficient (Wildman–Crippen LogP) is 4.17. The molecule has 0 saturated carbocycles. The van der Waals surface area contributed by atoms with Crippen LogP contribution < -0.4 is 0 Å². The second kappa shape index (κ2) is 4.19. The van der Waals surface area contributed by atoms with Gasteiger partial charge in [0, 0.05) is 5.02 Å². The van der Waals surface area contributed by atoms with Crippen molar-refractivity contribution in [3.8, 4) is 0 Å². The lowest BCUT2D eigenvalue weighted by Gasteiger charge is -2.02. The number of halogens is 5. The van der Waals surface area contributed by atoms with Crippen LogP contribution in [0.25, 0.3) is 0 Å². The lowest BCUT2D eigenvalue weighted by atomic mass is 10.3. The molecule has 6 heteroatoms. The molecule has 1 aromatic carbocycles. The van der Waals surface area contributed by atoms with E-state index >= 15 is 0 Å². The number of hydrogen-bond donors (Lipinski definition) is 0. The van der Waals surface area contributed by atoms with Crippen molar-refractivity contribution in [3.63, 3.8) is 0 Å². The van der Waals surface area contributed by atoms with Crippen molar-refractivity contribution in [2.24, 2.45) is 4.99 Å². The van der Waals surface area contributed by atoms with Gasteiger partial charge in [-0.25, -0.2) is 4.99 Å². The maximum atomic E-state index is 11.9. The Balaban J connectivity index is 2.98. The molecule has 0 saturated heterocycles. The third-order valence-electron chi connectivity index (χ3n) is 1.27. The van der Waals surface area contributed by atoms with Gasteiger partial charge >= 0.3 is 6.18 Å². The summed E-state index contributed by atoms with van der Waals surface area (Å²) in [7, 11) is 0. The van der Waals surface area contributed by atoms with Gasteiger partial charge in [0.2, 0.25) is 5.17 Å². The number of rotatable bonds is 1. The van der Waals surface area contributed by atoms with E-state index < -0.39 is 11.3 Å². The highest BCUT2D eigenvalue weighted by Crippen LogP contribution is 2.25. The highest BCUT2D eigenvalue weighted by Gasteiger charge is 2.34. The molecule has 76 valence electrons. The normalized spacial score (nSPS) is 13.1. The predicted molar refractivity (Wildman–Crippen MR) is 50.5 cm³/mol. The molecule has 0 aliphatic carbocycles. The molecular formula is C8H4Cl2F3N. The molecule has 0 spiro atoms. The summed E-state index contributed by atoms with van der Waals surface area (Å²) in [6.07, 6.45) is -4.62. The van der Waals surface area contributed by atoms with Crippen LogP contribution in [0.3, 0.4) is 0 Å². The number of alkyl halides is 3. The Bertz CT molecular complexity index is 360. The standard InChI is InChI=1S/C8H4Cl2F3N/c9-5-2-1-3-6(4-5)14-7(10)8(11,12)13/h1-4H/b14-7+. The summed E-state index contributed by atoms with van der Waals surface area (Å²) in [6, 6.07) is 5.68. The van der Waals surface area contributed by atoms with E-state index in [1.165, 1.54) is 24.3 Å². The summed E-state index contributed by atoms with van der Waals surface area (Å²) in [4.78, 5) is 3.16. The van der Waals surface area contributed by atoms with Gasteiger partial charge in [-0.1, -0.05) is 29.3 Å². The highest BCUT2D eigenvalue weighted by atomic mass is 35.5. The van der Waals surface area contributed by atoms with Crippen LogP contribution in [0.1, 0.15) is 0 Å². The summed E-state index contributed by atoms with van der Waals surface area (Å²) >= 11 is 10.5. The van der Waals surface area contributed by atoms with E-state index in [9.17, 15) is 13.2 Å².